The summed E-state index contributed by atoms with van der Waals surface area (Å²) in [5.74, 6) is 0. The second-order valence-corrected chi connectivity index (χ2v) is 3.91. The number of hydrogen-bond acceptors (Lipinski definition) is 2. The van der Waals surface area contributed by atoms with Gasteiger partial charge < -0.3 is 9.47 Å². The SMILES string of the molecule is BrCC=Cc1ccccc1C1OCCO1. The van der Waals surface area contributed by atoms with Crippen LogP contribution in [0.3, 0.4) is 0 Å². The molecule has 2 nitrogen and oxygen atoms in total. The van der Waals surface area contributed by atoms with Crippen molar-refractivity contribution in [3.8, 4) is 0 Å². The molecule has 1 aliphatic heterocycles. The Morgan fingerprint density at radius 2 is 2.00 bits per heavy atom. The van der Waals surface area contributed by atoms with Gasteiger partial charge in [-0.05, 0) is 5.56 Å². The third-order valence-corrected chi connectivity index (χ3v) is 2.63. The average Bonchev–Trinajstić information content (AvgIpc) is 2.80. The summed E-state index contributed by atoms with van der Waals surface area (Å²) in [5.41, 5.74) is 2.26. The van der Waals surface area contributed by atoms with Gasteiger partial charge in [0.1, 0.15) is 0 Å². The van der Waals surface area contributed by atoms with E-state index in [0.717, 1.165) is 16.5 Å². The van der Waals surface area contributed by atoms with E-state index in [-0.39, 0.29) is 6.29 Å². The van der Waals surface area contributed by atoms with Gasteiger partial charge in [-0.1, -0.05) is 52.3 Å². The average molecular weight is 269 g/mol. The summed E-state index contributed by atoms with van der Waals surface area (Å²) in [4.78, 5) is 0. The van der Waals surface area contributed by atoms with Crippen molar-refractivity contribution >= 4 is 22.0 Å². The molecule has 0 aliphatic carbocycles. The Morgan fingerprint density at radius 3 is 2.73 bits per heavy atom. The molecule has 0 spiro atoms. The van der Waals surface area contributed by atoms with Crippen molar-refractivity contribution in [1.82, 2.24) is 0 Å². The second kappa shape index (κ2) is 5.45. The highest BCUT2D eigenvalue weighted by atomic mass is 79.9. The molecule has 0 amide bonds. The van der Waals surface area contributed by atoms with Gasteiger partial charge in [-0.3, -0.25) is 0 Å². The standard InChI is InChI=1S/C12H13BrO2/c13-7-3-5-10-4-1-2-6-11(10)12-14-8-9-15-12/h1-6,12H,7-9H2. The molecule has 1 aromatic carbocycles. The van der Waals surface area contributed by atoms with Crippen LogP contribution in [0, 0.1) is 0 Å². The quantitative estimate of drug-likeness (QED) is 0.785. The van der Waals surface area contributed by atoms with E-state index in [4.69, 9.17) is 9.47 Å². The molecule has 15 heavy (non-hydrogen) atoms. The first-order chi connectivity index (χ1) is 7.42. The molecular formula is C12H13BrO2. The van der Waals surface area contributed by atoms with Gasteiger partial charge in [0.25, 0.3) is 0 Å². The normalized spacial score (nSPS) is 17.7. The summed E-state index contributed by atoms with van der Waals surface area (Å²) < 4.78 is 11.0. The summed E-state index contributed by atoms with van der Waals surface area (Å²) in [6.45, 7) is 1.36. The summed E-state index contributed by atoms with van der Waals surface area (Å²) in [6, 6.07) is 8.14. The minimum absolute atomic E-state index is 0.193. The zero-order chi connectivity index (χ0) is 10.5. The number of halogens is 1. The first kappa shape index (κ1) is 10.9. The maximum Gasteiger partial charge on any atom is 0.184 e. The number of rotatable bonds is 3. The predicted molar refractivity (Wildman–Crippen MR) is 63.9 cm³/mol. The Balaban J connectivity index is 2.24. The number of allylic oxidation sites excluding steroid dienone is 1. The molecule has 1 aromatic rings. The Labute approximate surface area is 98.0 Å². The van der Waals surface area contributed by atoms with Crippen molar-refractivity contribution in [2.45, 2.75) is 6.29 Å². The van der Waals surface area contributed by atoms with Crippen LogP contribution in [0.4, 0.5) is 0 Å². The molecule has 0 N–H and O–H groups in total. The van der Waals surface area contributed by atoms with Crippen LogP contribution in [0.15, 0.2) is 30.3 Å². The Kier molecular flexibility index (Phi) is 3.94. The maximum absolute atomic E-state index is 5.49. The van der Waals surface area contributed by atoms with E-state index in [1.54, 1.807) is 0 Å². The fourth-order valence-corrected chi connectivity index (χ4v) is 1.77. The Morgan fingerprint density at radius 1 is 1.27 bits per heavy atom. The lowest BCUT2D eigenvalue weighted by Crippen LogP contribution is -2.00. The van der Waals surface area contributed by atoms with E-state index in [9.17, 15) is 0 Å². The van der Waals surface area contributed by atoms with Crippen molar-refractivity contribution in [2.75, 3.05) is 18.5 Å². The van der Waals surface area contributed by atoms with Crippen LogP contribution in [0.1, 0.15) is 17.4 Å². The fourth-order valence-electron chi connectivity index (χ4n) is 1.59. The van der Waals surface area contributed by atoms with Crippen LogP contribution in [0.5, 0.6) is 0 Å². The summed E-state index contributed by atoms with van der Waals surface area (Å²) in [5, 5.41) is 0.855. The third kappa shape index (κ3) is 2.68. The lowest BCUT2D eigenvalue weighted by Gasteiger charge is -2.12. The predicted octanol–water partition coefficient (Wildman–Crippen LogP) is 3.14. The first-order valence-electron chi connectivity index (χ1n) is 4.96. The summed E-state index contributed by atoms with van der Waals surface area (Å²) >= 11 is 3.37. The summed E-state index contributed by atoms with van der Waals surface area (Å²) in [6.07, 6.45) is 3.95. The minimum atomic E-state index is -0.193. The topological polar surface area (TPSA) is 18.5 Å². The van der Waals surface area contributed by atoms with Gasteiger partial charge in [-0.2, -0.15) is 0 Å². The molecule has 0 saturated carbocycles. The second-order valence-electron chi connectivity index (χ2n) is 3.26. The largest absolute Gasteiger partial charge is 0.346 e. The van der Waals surface area contributed by atoms with E-state index in [0.29, 0.717) is 13.2 Å². The Bertz CT molecular complexity index is 343. The number of alkyl halides is 1. The maximum atomic E-state index is 5.49. The van der Waals surface area contributed by atoms with Crippen molar-refractivity contribution in [3.05, 3.63) is 41.5 Å². The number of hydrogen-bond donors (Lipinski definition) is 0. The van der Waals surface area contributed by atoms with Crippen molar-refractivity contribution in [2.24, 2.45) is 0 Å². The molecule has 1 heterocycles. The van der Waals surface area contributed by atoms with Crippen LogP contribution in [-0.4, -0.2) is 18.5 Å². The van der Waals surface area contributed by atoms with Gasteiger partial charge >= 0.3 is 0 Å². The molecular weight excluding hydrogens is 256 g/mol. The van der Waals surface area contributed by atoms with Crippen molar-refractivity contribution in [1.29, 1.82) is 0 Å². The lowest BCUT2D eigenvalue weighted by atomic mass is 10.1. The molecule has 1 saturated heterocycles. The molecule has 0 radical (unpaired) electrons. The molecule has 1 aliphatic rings. The molecule has 0 unspecified atom stereocenters. The van der Waals surface area contributed by atoms with Crippen LogP contribution in [0.25, 0.3) is 6.08 Å². The zero-order valence-electron chi connectivity index (χ0n) is 8.36. The van der Waals surface area contributed by atoms with E-state index >= 15 is 0 Å². The van der Waals surface area contributed by atoms with Gasteiger partial charge in [-0.25, -0.2) is 0 Å². The Hall–Kier alpha value is -0.640. The van der Waals surface area contributed by atoms with Crippen LogP contribution >= 0.6 is 15.9 Å². The fraction of sp³-hybridized carbons (Fsp3) is 0.333. The van der Waals surface area contributed by atoms with Gasteiger partial charge in [-0.15, -0.1) is 0 Å². The molecule has 80 valence electrons. The monoisotopic (exact) mass is 268 g/mol. The molecule has 3 heteroatoms. The van der Waals surface area contributed by atoms with E-state index in [2.05, 4.69) is 34.1 Å². The van der Waals surface area contributed by atoms with Gasteiger partial charge in [0.05, 0.1) is 13.2 Å². The smallest absolute Gasteiger partial charge is 0.184 e. The van der Waals surface area contributed by atoms with Crippen molar-refractivity contribution < 1.29 is 9.47 Å². The van der Waals surface area contributed by atoms with Gasteiger partial charge in [0.2, 0.25) is 0 Å². The highest BCUT2D eigenvalue weighted by Gasteiger charge is 2.19. The number of ether oxygens (including phenoxy) is 2. The molecule has 0 bridgehead atoms. The van der Waals surface area contributed by atoms with E-state index < -0.39 is 0 Å². The van der Waals surface area contributed by atoms with Gasteiger partial charge in [0.15, 0.2) is 6.29 Å². The highest BCUT2D eigenvalue weighted by molar-refractivity contribution is 9.09. The molecule has 1 fully saturated rings. The van der Waals surface area contributed by atoms with E-state index in [1.807, 2.05) is 18.2 Å². The summed E-state index contributed by atoms with van der Waals surface area (Å²) in [7, 11) is 0. The highest BCUT2D eigenvalue weighted by Crippen LogP contribution is 2.26. The van der Waals surface area contributed by atoms with Crippen molar-refractivity contribution in [3.63, 3.8) is 0 Å². The zero-order valence-corrected chi connectivity index (χ0v) is 9.94. The van der Waals surface area contributed by atoms with Crippen LogP contribution in [-0.2, 0) is 9.47 Å². The van der Waals surface area contributed by atoms with Crippen LogP contribution < -0.4 is 0 Å². The van der Waals surface area contributed by atoms with E-state index in [1.165, 1.54) is 0 Å². The molecule has 2 rings (SSSR count). The first-order valence-corrected chi connectivity index (χ1v) is 6.08. The van der Waals surface area contributed by atoms with Gasteiger partial charge in [0, 0.05) is 10.9 Å². The number of benzene rings is 1. The van der Waals surface area contributed by atoms with Crippen LogP contribution in [0.2, 0.25) is 0 Å². The third-order valence-electron chi connectivity index (χ3n) is 2.26. The molecule has 0 atom stereocenters. The minimum Gasteiger partial charge on any atom is -0.346 e. The lowest BCUT2D eigenvalue weighted by molar-refractivity contribution is -0.0442. The molecule has 0 aromatic heterocycles.